The highest BCUT2D eigenvalue weighted by molar-refractivity contribution is 6.31. The predicted molar refractivity (Wildman–Crippen MR) is 112 cm³/mol. The zero-order chi connectivity index (χ0) is 21.4. The lowest BCUT2D eigenvalue weighted by Crippen LogP contribution is -2.41. The number of hydrogen-bond acceptors (Lipinski definition) is 4. The normalized spacial score (nSPS) is 12.8. The Kier molecular flexibility index (Phi) is 5.29. The maximum atomic E-state index is 13.8. The van der Waals surface area contributed by atoms with Gasteiger partial charge in [0.1, 0.15) is 12.4 Å². The van der Waals surface area contributed by atoms with E-state index >= 15 is 0 Å². The molecule has 0 bridgehead atoms. The van der Waals surface area contributed by atoms with Crippen molar-refractivity contribution in [2.24, 2.45) is 0 Å². The predicted octanol–water partition coefficient (Wildman–Crippen LogP) is 4.21. The Hall–Kier alpha value is -3.21. The molecule has 0 radical (unpaired) electrons. The number of hydrogen-bond donors (Lipinski definition) is 0. The fraction of sp³-hybridized carbons (Fsp3) is 0.143. The van der Waals surface area contributed by atoms with Gasteiger partial charge in [-0.3, -0.25) is 14.3 Å². The van der Waals surface area contributed by atoms with Gasteiger partial charge in [-0.2, -0.15) is 5.26 Å². The van der Waals surface area contributed by atoms with Crippen molar-refractivity contribution in [1.82, 2.24) is 14.1 Å². The summed E-state index contributed by atoms with van der Waals surface area (Å²) >= 11 is 12.0. The average molecular weight is 443 g/mol. The number of allylic oxidation sites excluding steroid dienone is 2. The Morgan fingerprint density at radius 2 is 1.97 bits per heavy atom. The largest absolute Gasteiger partial charge is 0.337 e. The van der Waals surface area contributed by atoms with Gasteiger partial charge in [-0.25, -0.2) is 13.8 Å². The second-order valence-electron chi connectivity index (χ2n) is 6.65. The molecule has 2 aromatic heterocycles. The molecule has 30 heavy (non-hydrogen) atoms. The molecule has 1 aliphatic carbocycles. The van der Waals surface area contributed by atoms with E-state index in [1.165, 1.54) is 35.2 Å². The summed E-state index contributed by atoms with van der Waals surface area (Å²) in [6.07, 6.45) is 6.03. The SMILES string of the molecule is N#CCn1c(C2=CCC2)c(-c2ccc(F)c(Cl)c2)c(=O)n(-c2cncc(Cl)c2)c1=O. The molecule has 0 atom stereocenters. The standard InChI is InChI=1S/C21H13Cl2FN4O2/c22-14-9-15(11-26-10-14)28-20(29)18(13-4-5-17(24)16(23)8-13)19(12-2-1-3-12)27(7-6-25)21(28)30/h2,4-5,8-11H,1,3,7H2. The van der Waals surface area contributed by atoms with Crippen LogP contribution in [0.1, 0.15) is 18.5 Å². The first-order valence-corrected chi connectivity index (χ1v) is 9.70. The maximum Gasteiger partial charge on any atom is 0.337 e. The summed E-state index contributed by atoms with van der Waals surface area (Å²) in [5.41, 5.74) is 0.433. The van der Waals surface area contributed by atoms with E-state index in [9.17, 15) is 19.2 Å². The van der Waals surface area contributed by atoms with Gasteiger partial charge in [0.2, 0.25) is 0 Å². The van der Waals surface area contributed by atoms with Crippen molar-refractivity contribution >= 4 is 28.8 Å². The van der Waals surface area contributed by atoms with Crippen LogP contribution in [0.2, 0.25) is 10.0 Å². The van der Waals surface area contributed by atoms with Crippen LogP contribution in [0, 0.1) is 17.1 Å². The van der Waals surface area contributed by atoms with Crippen molar-refractivity contribution in [2.45, 2.75) is 19.4 Å². The highest BCUT2D eigenvalue weighted by Gasteiger charge is 2.26. The van der Waals surface area contributed by atoms with Crippen LogP contribution < -0.4 is 11.2 Å². The molecular weight excluding hydrogens is 430 g/mol. The molecule has 0 fully saturated rings. The molecule has 3 aromatic rings. The minimum absolute atomic E-state index is 0.151. The van der Waals surface area contributed by atoms with E-state index in [1.807, 2.05) is 12.1 Å². The lowest BCUT2D eigenvalue weighted by atomic mass is 9.90. The molecular formula is C21H13Cl2FN4O2. The van der Waals surface area contributed by atoms with Crippen molar-refractivity contribution in [2.75, 3.05) is 0 Å². The summed E-state index contributed by atoms with van der Waals surface area (Å²) in [4.78, 5) is 30.7. The van der Waals surface area contributed by atoms with Crippen molar-refractivity contribution in [3.05, 3.63) is 85.1 Å². The average Bonchev–Trinajstić information content (AvgIpc) is 2.66. The molecule has 150 valence electrons. The van der Waals surface area contributed by atoms with Crippen LogP contribution >= 0.6 is 23.2 Å². The molecule has 0 N–H and O–H groups in total. The Labute approximate surface area is 180 Å². The number of benzene rings is 1. The Bertz CT molecular complexity index is 1370. The summed E-state index contributed by atoms with van der Waals surface area (Å²) in [5.74, 6) is -0.630. The Morgan fingerprint density at radius 3 is 2.57 bits per heavy atom. The molecule has 2 heterocycles. The highest BCUT2D eigenvalue weighted by atomic mass is 35.5. The Balaban J connectivity index is 2.16. The minimum Gasteiger partial charge on any atom is -0.279 e. The number of aromatic nitrogens is 3. The zero-order valence-electron chi connectivity index (χ0n) is 15.4. The van der Waals surface area contributed by atoms with E-state index in [4.69, 9.17) is 23.2 Å². The monoisotopic (exact) mass is 442 g/mol. The lowest BCUT2D eigenvalue weighted by molar-refractivity contribution is 0.628. The quantitative estimate of drug-likeness (QED) is 0.605. The molecule has 1 aliphatic rings. The van der Waals surface area contributed by atoms with Crippen molar-refractivity contribution in [1.29, 1.82) is 5.26 Å². The van der Waals surface area contributed by atoms with Crippen LogP contribution in [-0.4, -0.2) is 14.1 Å². The fourth-order valence-electron chi connectivity index (χ4n) is 3.37. The molecule has 4 rings (SSSR count). The van der Waals surface area contributed by atoms with E-state index in [2.05, 4.69) is 4.98 Å². The molecule has 1 aromatic carbocycles. The Morgan fingerprint density at radius 1 is 1.20 bits per heavy atom. The van der Waals surface area contributed by atoms with Gasteiger partial charge in [0.25, 0.3) is 5.56 Å². The number of rotatable bonds is 4. The number of pyridine rings is 1. The fourth-order valence-corrected chi connectivity index (χ4v) is 3.72. The molecule has 0 amide bonds. The van der Waals surface area contributed by atoms with E-state index in [1.54, 1.807) is 0 Å². The smallest absolute Gasteiger partial charge is 0.279 e. The molecule has 6 nitrogen and oxygen atoms in total. The van der Waals surface area contributed by atoms with Crippen LogP contribution in [0.5, 0.6) is 0 Å². The van der Waals surface area contributed by atoms with Gasteiger partial charge in [0.05, 0.1) is 39.3 Å². The van der Waals surface area contributed by atoms with Gasteiger partial charge in [0, 0.05) is 6.20 Å². The summed E-state index contributed by atoms with van der Waals surface area (Å²) in [7, 11) is 0. The lowest BCUT2D eigenvalue weighted by Gasteiger charge is -2.23. The molecule has 0 saturated heterocycles. The summed E-state index contributed by atoms with van der Waals surface area (Å²) in [6.45, 7) is -0.276. The minimum atomic E-state index is -0.689. The second kappa shape index (κ2) is 7.90. The van der Waals surface area contributed by atoms with Crippen LogP contribution in [0.15, 0.2) is 52.3 Å². The third-order valence-corrected chi connectivity index (χ3v) is 5.34. The van der Waals surface area contributed by atoms with Crippen LogP contribution in [0.4, 0.5) is 4.39 Å². The second-order valence-corrected chi connectivity index (χ2v) is 7.49. The molecule has 0 saturated carbocycles. The van der Waals surface area contributed by atoms with Crippen LogP contribution in [0.25, 0.3) is 22.4 Å². The molecule has 9 heteroatoms. The topological polar surface area (TPSA) is 80.7 Å². The van der Waals surface area contributed by atoms with E-state index in [0.717, 1.165) is 22.6 Å². The number of nitriles is 1. The number of nitrogens with zero attached hydrogens (tertiary/aromatic N) is 4. The molecule has 0 unspecified atom stereocenters. The third-order valence-electron chi connectivity index (χ3n) is 4.84. The van der Waals surface area contributed by atoms with Crippen LogP contribution in [0.3, 0.4) is 0 Å². The third kappa shape index (κ3) is 3.34. The summed E-state index contributed by atoms with van der Waals surface area (Å²) < 4.78 is 15.9. The van der Waals surface area contributed by atoms with Gasteiger partial charge < -0.3 is 0 Å². The first-order chi connectivity index (χ1) is 14.4. The molecule has 0 aliphatic heterocycles. The van der Waals surface area contributed by atoms with Crippen LogP contribution in [-0.2, 0) is 6.54 Å². The van der Waals surface area contributed by atoms with Gasteiger partial charge in [-0.1, -0.05) is 35.3 Å². The summed E-state index contributed by atoms with van der Waals surface area (Å²) in [6, 6.07) is 7.30. The first-order valence-electron chi connectivity index (χ1n) is 8.95. The number of halogens is 3. The van der Waals surface area contributed by atoms with E-state index < -0.39 is 17.1 Å². The van der Waals surface area contributed by atoms with Crippen molar-refractivity contribution in [3.63, 3.8) is 0 Å². The van der Waals surface area contributed by atoms with E-state index in [-0.39, 0.29) is 27.8 Å². The van der Waals surface area contributed by atoms with Crippen molar-refractivity contribution < 1.29 is 4.39 Å². The maximum absolute atomic E-state index is 13.8. The van der Waals surface area contributed by atoms with Gasteiger partial charge in [0.15, 0.2) is 0 Å². The van der Waals surface area contributed by atoms with Gasteiger partial charge in [-0.15, -0.1) is 0 Å². The molecule has 0 spiro atoms. The zero-order valence-corrected chi connectivity index (χ0v) is 16.9. The van der Waals surface area contributed by atoms with Crippen molar-refractivity contribution in [3.8, 4) is 22.9 Å². The van der Waals surface area contributed by atoms with Gasteiger partial charge >= 0.3 is 5.69 Å². The summed E-state index contributed by atoms with van der Waals surface area (Å²) in [5, 5.41) is 9.42. The van der Waals surface area contributed by atoms with Gasteiger partial charge in [-0.05, 0) is 42.2 Å². The van der Waals surface area contributed by atoms with E-state index in [0.29, 0.717) is 17.7 Å². The highest BCUT2D eigenvalue weighted by Crippen LogP contribution is 2.35. The first kappa shape index (κ1) is 20.1.